The third kappa shape index (κ3) is 4.22. The van der Waals surface area contributed by atoms with Gasteiger partial charge in [-0.3, -0.25) is 0 Å². The fourth-order valence-corrected chi connectivity index (χ4v) is 5.36. The molecule has 1 atom stereocenters. The Morgan fingerprint density at radius 1 is 1.08 bits per heavy atom. The molecule has 0 saturated carbocycles. The molecular weight excluding hydrogens is 387 g/mol. The van der Waals surface area contributed by atoms with Crippen LogP contribution < -0.4 is 0 Å². The molecule has 0 fully saturated rings. The topological polar surface area (TPSA) is 67.3 Å². The van der Waals surface area contributed by atoms with Gasteiger partial charge in [-0.2, -0.15) is 13.2 Å². The van der Waals surface area contributed by atoms with Crippen molar-refractivity contribution < 1.29 is 26.7 Å². The number of hydrogen-bond donors (Lipinski definition) is 1. The molecule has 0 unspecified atom stereocenters. The van der Waals surface area contributed by atoms with E-state index in [-0.39, 0.29) is 0 Å². The van der Waals surface area contributed by atoms with E-state index in [1.807, 2.05) is 0 Å². The first kappa shape index (κ1) is 18.8. The van der Waals surface area contributed by atoms with Gasteiger partial charge in [-0.15, -0.1) is 11.3 Å². The second-order valence-corrected chi connectivity index (χ2v) is 8.96. The van der Waals surface area contributed by atoms with Gasteiger partial charge >= 0.3 is 6.18 Å². The maximum Gasteiger partial charge on any atom is 0.416 e. The van der Waals surface area contributed by atoms with Crippen molar-refractivity contribution in [2.24, 2.45) is 0 Å². The molecular formula is C17H14F3NO3S2. The van der Waals surface area contributed by atoms with E-state index >= 15 is 0 Å². The molecule has 0 bridgehead atoms. The predicted molar refractivity (Wildman–Crippen MR) is 93.5 cm³/mol. The Balaban J connectivity index is 1.81. The molecule has 9 heteroatoms. The van der Waals surface area contributed by atoms with Gasteiger partial charge < -0.3 is 5.11 Å². The van der Waals surface area contributed by atoms with Crippen LogP contribution in [0.2, 0.25) is 0 Å². The minimum Gasteiger partial charge on any atom is -0.387 e. The molecule has 0 aliphatic carbocycles. The molecule has 3 rings (SSSR count). The van der Waals surface area contributed by atoms with Crippen molar-refractivity contribution in [3.8, 4) is 0 Å². The molecule has 0 aliphatic rings. The lowest BCUT2D eigenvalue weighted by atomic mass is 10.0. The number of aliphatic hydroxyl groups is 1. The molecule has 26 heavy (non-hydrogen) atoms. The van der Waals surface area contributed by atoms with E-state index in [9.17, 15) is 26.7 Å². The summed E-state index contributed by atoms with van der Waals surface area (Å²) in [6, 6.07) is 11.5. The van der Waals surface area contributed by atoms with Crippen LogP contribution in [0.4, 0.5) is 13.2 Å². The lowest BCUT2D eigenvalue weighted by Crippen LogP contribution is -2.19. The highest BCUT2D eigenvalue weighted by atomic mass is 32.2. The molecule has 0 spiro atoms. The minimum atomic E-state index is -4.67. The van der Waals surface area contributed by atoms with E-state index in [2.05, 4.69) is 4.98 Å². The summed E-state index contributed by atoms with van der Waals surface area (Å²) < 4.78 is 64.6. The van der Waals surface area contributed by atoms with Crippen LogP contribution in [0.3, 0.4) is 0 Å². The minimum absolute atomic E-state index is 0.336. The van der Waals surface area contributed by atoms with Crippen molar-refractivity contribution >= 4 is 31.4 Å². The van der Waals surface area contributed by atoms with E-state index in [0.29, 0.717) is 10.5 Å². The Kier molecular flexibility index (Phi) is 5.05. The number of nitrogens with zero attached hydrogens (tertiary/aromatic N) is 1. The smallest absolute Gasteiger partial charge is 0.387 e. The van der Waals surface area contributed by atoms with Gasteiger partial charge in [0.15, 0.2) is 9.84 Å². The highest BCUT2D eigenvalue weighted by Gasteiger charge is 2.35. The van der Waals surface area contributed by atoms with Crippen LogP contribution in [0.15, 0.2) is 48.5 Å². The summed E-state index contributed by atoms with van der Waals surface area (Å²) >= 11 is 1.20. The van der Waals surface area contributed by atoms with Crippen LogP contribution in [0.1, 0.15) is 22.2 Å². The van der Waals surface area contributed by atoms with Gasteiger partial charge in [-0.05, 0) is 23.8 Å². The lowest BCUT2D eigenvalue weighted by molar-refractivity contribution is -0.139. The third-order valence-electron chi connectivity index (χ3n) is 3.72. The quantitative estimate of drug-likeness (QED) is 0.703. The van der Waals surface area contributed by atoms with E-state index in [1.165, 1.54) is 23.5 Å². The van der Waals surface area contributed by atoms with Crippen LogP contribution in [0.25, 0.3) is 10.2 Å². The first-order valence-corrected chi connectivity index (χ1v) is 10.2. The lowest BCUT2D eigenvalue weighted by Gasteiger charge is -2.17. The van der Waals surface area contributed by atoms with Crippen molar-refractivity contribution in [3.63, 3.8) is 0 Å². The number of fused-ring (bicyclic) bond motifs is 1. The van der Waals surface area contributed by atoms with Gasteiger partial charge in [0.2, 0.25) is 0 Å². The number of hydrogen-bond acceptors (Lipinski definition) is 5. The van der Waals surface area contributed by atoms with Crippen molar-refractivity contribution in [2.45, 2.75) is 18.0 Å². The van der Waals surface area contributed by atoms with Crippen LogP contribution in [-0.2, 0) is 21.8 Å². The number of aliphatic hydroxyl groups excluding tert-OH is 1. The summed E-state index contributed by atoms with van der Waals surface area (Å²) in [5.74, 6) is -1.24. The standard InChI is InChI=1S/C17H14F3NO3S2/c18-17(19,20)12-6-2-1-5-11(12)14(22)9-26(23,24)10-16-21-13-7-3-4-8-15(13)25-16/h1-8,14,22H,9-10H2/t14-/m0/s1. The number of rotatable bonds is 5. The van der Waals surface area contributed by atoms with Crippen molar-refractivity contribution in [2.75, 3.05) is 5.75 Å². The highest BCUT2D eigenvalue weighted by molar-refractivity contribution is 7.90. The predicted octanol–water partition coefficient (Wildman–Crippen LogP) is 3.96. The Morgan fingerprint density at radius 2 is 1.73 bits per heavy atom. The van der Waals surface area contributed by atoms with Crippen LogP contribution in [0, 0.1) is 0 Å². The van der Waals surface area contributed by atoms with Gasteiger partial charge in [0.05, 0.1) is 27.6 Å². The molecule has 2 aromatic carbocycles. The highest BCUT2D eigenvalue weighted by Crippen LogP contribution is 2.35. The SMILES string of the molecule is O=S(=O)(Cc1nc2ccccc2s1)C[C@H](O)c1ccccc1C(F)(F)F. The summed E-state index contributed by atoms with van der Waals surface area (Å²) in [6.45, 7) is 0. The number of halogens is 3. The molecule has 138 valence electrons. The van der Waals surface area contributed by atoms with Crippen molar-refractivity contribution in [3.05, 3.63) is 64.7 Å². The molecule has 1 heterocycles. The second kappa shape index (κ2) is 6.98. The fraction of sp³-hybridized carbons (Fsp3) is 0.235. The van der Waals surface area contributed by atoms with Gasteiger partial charge in [0, 0.05) is 0 Å². The molecule has 1 aromatic heterocycles. The molecule has 1 N–H and O–H groups in total. The normalized spacial score (nSPS) is 13.8. The van der Waals surface area contributed by atoms with Crippen molar-refractivity contribution in [1.82, 2.24) is 4.98 Å². The van der Waals surface area contributed by atoms with Gasteiger partial charge in [-0.25, -0.2) is 13.4 Å². The average Bonchev–Trinajstić information content (AvgIpc) is 2.94. The summed E-state index contributed by atoms with van der Waals surface area (Å²) in [5, 5.41) is 10.5. The molecule has 0 amide bonds. The Morgan fingerprint density at radius 3 is 2.42 bits per heavy atom. The number of aromatic nitrogens is 1. The average molecular weight is 401 g/mol. The second-order valence-electron chi connectivity index (χ2n) is 5.73. The maximum absolute atomic E-state index is 13.0. The number of para-hydroxylation sites is 1. The number of sulfone groups is 1. The first-order chi connectivity index (χ1) is 12.2. The molecule has 0 saturated heterocycles. The van der Waals surface area contributed by atoms with E-state index < -0.39 is 44.8 Å². The zero-order valence-electron chi connectivity index (χ0n) is 13.3. The number of benzene rings is 2. The number of alkyl halides is 3. The molecule has 0 aliphatic heterocycles. The first-order valence-electron chi connectivity index (χ1n) is 7.55. The Labute approximate surface area is 151 Å². The summed E-state index contributed by atoms with van der Waals surface area (Å²) in [5.41, 5.74) is -0.832. The zero-order valence-corrected chi connectivity index (χ0v) is 14.9. The van der Waals surface area contributed by atoms with Crippen molar-refractivity contribution in [1.29, 1.82) is 0 Å². The molecule has 0 radical (unpaired) electrons. The maximum atomic E-state index is 13.0. The summed E-state index contributed by atoms with van der Waals surface area (Å²) in [6.07, 6.45) is -6.44. The zero-order chi connectivity index (χ0) is 18.9. The van der Waals surface area contributed by atoms with Crippen LogP contribution >= 0.6 is 11.3 Å². The Bertz CT molecular complexity index is 996. The molecule has 4 nitrogen and oxygen atoms in total. The van der Waals surface area contributed by atoms with Gasteiger partial charge in [-0.1, -0.05) is 30.3 Å². The monoisotopic (exact) mass is 401 g/mol. The van der Waals surface area contributed by atoms with Gasteiger partial charge in [0.1, 0.15) is 10.8 Å². The van der Waals surface area contributed by atoms with Crippen LogP contribution in [-0.4, -0.2) is 24.3 Å². The summed E-state index contributed by atoms with van der Waals surface area (Å²) in [4.78, 5) is 4.21. The van der Waals surface area contributed by atoms with Gasteiger partial charge in [0.25, 0.3) is 0 Å². The number of thiazole rings is 1. The third-order valence-corrected chi connectivity index (χ3v) is 6.47. The fourth-order valence-electron chi connectivity index (χ4n) is 2.60. The molecule has 3 aromatic rings. The summed E-state index contributed by atoms with van der Waals surface area (Å²) in [7, 11) is -3.86. The Hall–Kier alpha value is -1.97. The van der Waals surface area contributed by atoms with Crippen LogP contribution in [0.5, 0.6) is 0 Å². The van der Waals surface area contributed by atoms with E-state index in [1.54, 1.807) is 24.3 Å². The largest absolute Gasteiger partial charge is 0.416 e. The van der Waals surface area contributed by atoms with E-state index in [0.717, 1.165) is 16.8 Å². The van der Waals surface area contributed by atoms with E-state index in [4.69, 9.17) is 0 Å².